The fourth-order valence-electron chi connectivity index (χ4n) is 1.53. The van der Waals surface area contributed by atoms with Crippen LogP contribution in [0.4, 0.5) is 0 Å². The Morgan fingerprint density at radius 2 is 1.88 bits per heavy atom. The van der Waals surface area contributed by atoms with Crippen molar-refractivity contribution in [3.63, 3.8) is 0 Å². The summed E-state index contributed by atoms with van der Waals surface area (Å²) >= 11 is 1.66. The summed E-state index contributed by atoms with van der Waals surface area (Å²) in [6, 6.07) is 0. The average molecular weight is 261 g/mol. The van der Waals surface area contributed by atoms with Crippen LogP contribution in [0, 0.1) is 11.8 Å². The van der Waals surface area contributed by atoms with Crippen molar-refractivity contribution in [1.29, 1.82) is 0 Å². The molecule has 4 heteroatoms. The van der Waals surface area contributed by atoms with Gasteiger partial charge in [-0.05, 0) is 17.6 Å². The van der Waals surface area contributed by atoms with Gasteiger partial charge in [-0.1, -0.05) is 41.0 Å². The van der Waals surface area contributed by atoms with Crippen LogP contribution < -0.4 is 5.32 Å². The first-order valence-electron chi connectivity index (χ1n) is 6.51. The highest BCUT2D eigenvalue weighted by atomic mass is 32.2. The van der Waals surface area contributed by atoms with Crippen molar-refractivity contribution in [2.75, 3.05) is 12.3 Å². The minimum absolute atomic E-state index is 0.0101. The van der Waals surface area contributed by atoms with Crippen LogP contribution in [0.2, 0.25) is 0 Å². The second kappa shape index (κ2) is 8.81. The van der Waals surface area contributed by atoms with Gasteiger partial charge in [0.1, 0.15) is 0 Å². The zero-order chi connectivity index (χ0) is 13.4. The number of rotatable bonds is 8. The van der Waals surface area contributed by atoms with Crippen molar-refractivity contribution < 1.29 is 9.90 Å². The highest BCUT2D eigenvalue weighted by Crippen LogP contribution is 2.19. The molecule has 0 aliphatic carbocycles. The SMILES string of the molecule is CCSC(C(=O)NCC(O)C(C)CC)C(C)C. The van der Waals surface area contributed by atoms with E-state index < -0.39 is 6.10 Å². The highest BCUT2D eigenvalue weighted by Gasteiger charge is 2.23. The summed E-state index contributed by atoms with van der Waals surface area (Å²) in [6.45, 7) is 10.6. The summed E-state index contributed by atoms with van der Waals surface area (Å²) < 4.78 is 0. The van der Waals surface area contributed by atoms with Crippen LogP contribution in [-0.2, 0) is 4.79 Å². The van der Waals surface area contributed by atoms with Crippen LogP contribution >= 0.6 is 11.8 Å². The fraction of sp³-hybridized carbons (Fsp3) is 0.923. The maximum atomic E-state index is 11.9. The fourth-order valence-corrected chi connectivity index (χ4v) is 2.51. The van der Waals surface area contributed by atoms with Crippen molar-refractivity contribution in [3.8, 4) is 0 Å². The van der Waals surface area contributed by atoms with E-state index in [-0.39, 0.29) is 17.1 Å². The van der Waals surface area contributed by atoms with Crippen LogP contribution in [0.15, 0.2) is 0 Å². The summed E-state index contributed by atoms with van der Waals surface area (Å²) in [7, 11) is 0. The number of carbonyl (C=O) groups is 1. The Bertz CT molecular complexity index is 221. The van der Waals surface area contributed by atoms with E-state index in [4.69, 9.17) is 0 Å². The molecule has 0 spiro atoms. The summed E-state index contributed by atoms with van der Waals surface area (Å²) in [5.41, 5.74) is 0. The summed E-state index contributed by atoms with van der Waals surface area (Å²) in [4.78, 5) is 11.9. The van der Waals surface area contributed by atoms with E-state index >= 15 is 0 Å². The molecule has 0 fully saturated rings. The molecule has 3 unspecified atom stereocenters. The van der Waals surface area contributed by atoms with Crippen LogP contribution in [0.5, 0.6) is 0 Å². The number of hydrogen-bond donors (Lipinski definition) is 2. The van der Waals surface area contributed by atoms with Gasteiger partial charge < -0.3 is 10.4 Å². The number of amides is 1. The molecule has 102 valence electrons. The molecule has 0 aromatic carbocycles. The molecule has 2 N–H and O–H groups in total. The largest absolute Gasteiger partial charge is 0.391 e. The Morgan fingerprint density at radius 1 is 1.29 bits per heavy atom. The third kappa shape index (κ3) is 6.32. The predicted molar refractivity (Wildman–Crippen MR) is 75.2 cm³/mol. The first kappa shape index (κ1) is 16.8. The smallest absolute Gasteiger partial charge is 0.233 e. The molecule has 0 bridgehead atoms. The molecule has 0 saturated heterocycles. The number of aliphatic hydroxyl groups excluding tert-OH is 1. The van der Waals surface area contributed by atoms with Gasteiger partial charge in [-0.2, -0.15) is 0 Å². The lowest BCUT2D eigenvalue weighted by Gasteiger charge is -2.22. The lowest BCUT2D eigenvalue weighted by Crippen LogP contribution is -2.41. The number of hydrogen-bond acceptors (Lipinski definition) is 3. The summed E-state index contributed by atoms with van der Waals surface area (Å²) in [5.74, 6) is 1.53. The average Bonchev–Trinajstić information content (AvgIpc) is 2.30. The normalized spacial score (nSPS) is 16.6. The minimum Gasteiger partial charge on any atom is -0.391 e. The predicted octanol–water partition coefficient (Wildman–Crippen LogP) is 2.29. The zero-order valence-corrected chi connectivity index (χ0v) is 12.5. The van der Waals surface area contributed by atoms with E-state index in [9.17, 15) is 9.90 Å². The highest BCUT2D eigenvalue weighted by molar-refractivity contribution is 8.00. The van der Waals surface area contributed by atoms with Gasteiger partial charge in [-0.25, -0.2) is 0 Å². The standard InChI is InChI=1S/C13H27NO2S/c1-6-10(5)11(15)8-14-13(16)12(9(3)4)17-7-2/h9-12,15H,6-8H2,1-5H3,(H,14,16). The molecule has 0 rings (SSSR count). The second-order valence-corrected chi connectivity index (χ2v) is 6.24. The molecule has 0 aromatic rings. The minimum atomic E-state index is -0.441. The van der Waals surface area contributed by atoms with Crippen molar-refractivity contribution in [2.45, 2.75) is 52.4 Å². The molecule has 0 saturated carbocycles. The molecule has 17 heavy (non-hydrogen) atoms. The monoisotopic (exact) mass is 261 g/mol. The van der Waals surface area contributed by atoms with Gasteiger partial charge in [0, 0.05) is 6.54 Å². The van der Waals surface area contributed by atoms with Crippen LogP contribution in [-0.4, -0.2) is 34.7 Å². The molecule has 3 nitrogen and oxygen atoms in total. The molecule has 0 radical (unpaired) electrons. The first-order chi connectivity index (χ1) is 7.93. The molecule has 0 heterocycles. The van der Waals surface area contributed by atoms with Crippen LogP contribution in [0.1, 0.15) is 41.0 Å². The Balaban J connectivity index is 4.14. The Labute approximate surface area is 110 Å². The lowest BCUT2D eigenvalue weighted by molar-refractivity contribution is -0.121. The van der Waals surface area contributed by atoms with E-state index in [1.807, 2.05) is 13.8 Å². The first-order valence-corrected chi connectivity index (χ1v) is 7.56. The topological polar surface area (TPSA) is 49.3 Å². The number of nitrogens with one attached hydrogen (secondary N) is 1. The van der Waals surface area contributed by atoms with E-state index in [1.165, 1.54) is 0 Å². The summed E-state index contributed by atoms with van der Waals surface area (Å²) in [5, 5.41) is 12.6. The van der Waals surface area contributed by atoms with Gasteiger partial charge in [0.15, 0.2) is 0 Å². The maximum Gasteiger partial charge on any atom is 0.233 e. The van der Waals surface area contributed by atoms with Gasteiger partial charge in [0.05, 0.1) is 11.4 Å². The Hall–Kier alpha value is -0.220. The molecular formula is C13H27NO2S. The van der Waals surface area contributed by atoms with E-state index in [0.717, 1.165) is 12.2 Å². The molecule has 0 aromatic heterocycles. The molecule has 3 atom stereocenters. The van der Waals surface area contributed by atoms with Crippen LogP contribution in [0.3, 0.4) is 0 Å². The van der Waals surface area contributed by atoms with E-state index in [0.29, 0.717) is 12.5 Å². The van der Waals surface area contributed by atoms with Gasteiger partial charge in [-0.15, -0.1) is 11.8 Å². The Kier molecular flexibility index (Phi) is 8.70. The third-order valence-corrected chi connectivity index (χ3v) is 4.45. The lowest BCUT2D eigenvalue weighted by atomic mass is 10.0. The zero-order valence-electron chi connectivity index (χ0n) is 11.7. The van der Waals surface area contributed by atoms with Crippen molar-refractivity contribution in [1.82, 2.24) is 5.32 Å². The third-order valence-electron chi connectivity index (χ3n) is 3.00. The van der Waals surface area contributed by atoms with Crippen molar-refractivity contribution >= 4 is 17.7 Å². The second-order valence-electron chi connectivity index (χ2n) is 4.82. The number of carbonyl (C=O) groups excluding carboxylic acids is 1. The molecular weight excluding hydrogens is 234 g/mol. The van der Waals surface area contributed by atoms with Gasteiger partial charge in [0.25, 0.3) is 0 Å². The van der Waals surface area contributed by atoms with Crippen molar-refractivity contribution in [3.05, 3.63) is 0 Å². The van der Waals surface area contributed by atoms with Gasteiger partial charge >= 0.3 is 0 Å². The quantitative estimate of drug-likeness (QED) is 0.705. The maximum absolute atomic E-state index is 11.9. The molecule has 1 amide bonds. The van der Waals surface area contributed by atoms with Crippen molar-refractivity contribution in [2.24, 2.45) is 11.8 Å². The van der Waals surface area contributed by atoms with E-state index in [1.54, 1.807) is 11.8 Å². The number of aliphatic hydroxyl groups is 1. The summed E-state index contributed by atoms with van der Waals surface area (Å²) in [6.07, 6.45) is 0.484. The van der Waals surface area contributed by atoms with Crippen LogP contribution in [0.25, 0.3) is 0 Å². The van der Waals surface area contributed by atoms with E-state index in [2.05, 4.69) is 26.1 Å². The molecule has 0 aliphatic rings. The Morgan fingerprint density at radius 3 is 2.29 bits per heavy atom. The van der Waals surface area contributed by atoms with Gasteiger partial charge in [0.2, 0.25) is 5.91 Å². The van der Waals surface area contributed by atoms with Gasteiger partial charge in [-0.3, -0.25) is 4.79 Å². The number of thioether (sulfide) groups is 1. The molecule has 0 aliphatic heterocycles.